The molecule has 7 heteroatoms. The highest BCUT2D eigenvalue weighted by molar-refractivity contribution is 9.10. The van der Waals surface area contributed by atoms with Crippen molar-refractivity contribution in [3.05, 3.63) is 27.7 Å². The van der Waals surface area contributed by atoms with Gasteiger partial charge < -0.3 is 4.74 Å². The summed E-state index contributed by atoms with van der Waals surface area (Å²) in [6.45, 7) is -0.0919. The van der Waals surface area contributed by atoms with Gasteiger partial charge in [0, 0.05) is 10.0 Å². The molecule has 0 radical (unpaired) electrons. The highest BCUT2D eigenvalue weighted by Crippen LogP contribution is 2.37. The molecule has 0 saturated carbocycles. The fraction of sp³-hybridized carbons (Fsp3) is 0.300. The van der Waals surface area contributed by atoms with E-state index in [4.69, 9.17) is 4.74 Å². The summed E-state index contributed by atoms with van der Waals surface area (Å²) in [6, 6.07) is 1.78. The second-order valence-electron chi connectivity index (χ2n) is 3.04. The predicted octanol–water partition coefficient (Wildman–Crippen LogP) is 3.31. The number of isocyanates is 1. The van der Waals surface area contributed by atoms with E-state index in [9.17, 15) is 18.0 Å². The molecular weight excluding hydrogens is 303 g/mol. The first-order chi connectivity index (χ1) is 7.90. The van der Waals surface area contributed by atoms with E-state index in [1.54, 1.807) is 0 Å². The van der Waals surface area contributed by atoms with Gasteiger partial charge in [-0.15, -0.1) is 0 Å². The molecular formula is C10H7BrF3NO2. The zero-order valence-corrected chi connectivity index (χ0v) is 10.2. The van der Waals surface area contributed by atoms with Gasteiger partial charge in [0.05, 0.1) is 19.2 Å². The average Bonchev–Trinajstić information content (AvgIpc) is 2.25. The molecule has 0 heterocycles. The Kier molecular flexibility index (Phi) is 4.31. The Morgan fingerprint density at radius 3 is 2.59 bits per heavy atom. The van der Waals surface area contributed by atoms with E-state index in [0.29, 0.717) is 5.56 Å². The van der Waals surface area contributed by atoms with Crippen LogP contribution in [0.2, 0.25) is 0 Å². The topological polar surface area (TPSA) is 38.7 Å². The smallest absolute Gasteiger partial charge is 0.416 e. The first-order valence-electron chi connectivity index (χ1n) is 4.37. The molecule has 0 amide bonds. The molecule has 0 N–H and O–H groups in total. The molecule has 0 aliphatic carbocycles. The number of methoxy groups -OCH3 is 1. The number of halogens is 4. The van der Waals surface area contributed by atoms with Gasteiger partial charge in [0.2, 0.25) is 6.08 Å². The van der Waals surface area contributed by atoms with Crippen LogP contribution < -0.4 is 4.74 Å². The van der Waals surface area contributed by atoms with Crippen molar-refractivity contribution in [1.29, 1.82) is 0 Å². The third kappa shape index (κ3) is 3.31. The number of benzene rings is 1. The third-order valence-electron chi connectivity index (χ3n) is 2.00. The van der Waals surface area contributed by atoms with Gasteiger partial charge in [0.25, 0.3) is 0 Å². The maximum Gasteiger partial charge on any atom is 0.416 e. The Bertz CT molecular complexity index is 467. The van der Waals surface area contributed by atoms with Crippen LogP contribution in [0.5, 0.6) is 5.75 Å². The van der Waals surface area contributed by atoms with Gasteiger partial charge in [0.1, 0.15) is 5.75 Å². The molecule has 92 valence electrons. The molecule has 0 aliphatic heterocycles. The van der Waals surface area contributed by atoms with E-state index in [1.807, 2.05) is 0 Å². The van der Waals surface area contributed by atoms with Crippen LogP contribution >= 0.6 is 15.9 Å². The minimum absolute atomic E-state index is 0.0192. The number of hydrogen-bond donors (Lipinski definition) is 0. The van der Waals surface area contributed by atoms with Crippen LogP contribution in [0, 0.1) is 0 Å². The normalized spacial score (nSPS) is 10.9. The summed E-state index contributed by atoms with van der Waals surface area (Å²) in [7, 11) is 1.25. The number of nitrogens with zero attached hydrogens (tertiary/aromatic N) is 1. The molecule has 0 bridgehead atoms. The zero-order valence-electron chi connectivity index (χ0n) is 8.64. The van der Waals surface area contributed by atoms with Gasteiger partial charge >= 0.3 is 6.18 Å². The van der Waals surface area contributed by atoms with Crippen molar-refractivity contribution < 1.29 is 22.7 Å². The Balaban J connectivity index is 3.30. The molecule has 0 atom stereocenters. The zero-order chi connectivity index (χ0) is 13.1. The Labute approximate surface area is 103 Å². The van der Waals surface area contributed by atoms with E-state index in [-0.39, 0.29) is 16.8 Å². The quantitative estimate of drug-likeness (QED) is 0.634. The molecule has 1 rings (SSSR count). The summed E-state index contributed by atoms with van der Waals surface area (Å²) in [4.78, 5) is 13.3. The van der Waals surface area contributed by atoms with Crippen molar-refractivity contribution in [1.82, 2.24) is 0 Å². The average molecular weight is 310 g/mol. The monoisotopic (exact) mass is 309 g/mol. The lowest BCUT2D eigenvalue weighted by atomic mass is 10.1. The molecule has 0 unspecified atom stereocenters. The first-order valence-corrected chi connectivity index (χ1v) is 5.16. The second kappa shape index (κ2) is 5.33. The lowest BCUT2D eigenvalue weighted by Crippen LogP contribution is -2.06. The van der Waals surface area contributed by atoms with Crippen LogP contribution in [0.4, 0.5) is 13.2 Å². The van der Waals surface area contributed by atoms with Gasteiger partial charge in [0.15, 0.2) is 0 Å². The number of rotatable bonds is 3. The Morgan fingerprint density at radius 1 is 1.47 bits per heavy atom. The minimum Gasteiger partial charge on any atom is -0.496 e. The molecule has 3 nitrogen and oxygen atoms in total. The van der Waals surface area contributed by atoms with Crippen LogP contribution in [0.25, 0.3) is 0 Å². The van der Waals surface area contributed by atoms with Crippen molar-refractivity contribution in [2.45, 2.75) is 12.7 Å². The predicted molar refractivity (Wildman–Crippen MR) is 57.5 cm³/mol. The van der Waals surface area contributed by atoms with Crippen molar-refractivity contribution in [3.8, 4) is 5.75 Å². The molecule has 0 fully saturated rings. The fourth-order valence-electron chi connectivity index (χ4n) is 1.22. The van der Waals surface area contributed by atoms with Crippen molar-refractivity contribution in [2.75, 3.05) is 7.11 Å². The van der Waals surface area contributed by atoms with Gasteiger partial charge in [-0.05, 0) is 12.1 Å². The highest BCUT2D eigenvalue weighted by atomic mass is 79.9. The third-order valence-corrected chi connectivity index (χ3v) is 2.71. The molecule has 1 aromatic rings. The van der Waals surface area contributed by atoms with Crippen molar-refractivity contribution in [3.63, 3.8) is 0 Å². The van der Waals surface area contributed by atoms with Crippen LogP contribution in [0.1, 0.15) is 11.1 Å². The van der Waals surface area contributed by atoms with Crippen molar-refractivity contribution >= 4 is 22.0 Å². The van der Waals surface area contributed by atoms with Gasteiger partial charge in [-0.1, -0.05) is 15.9 Å². The lowest BCUT2D eigenvalue weighted by Gasteiger charge is -2.13. The summed E-state index contributed by atoms with van der Waals surface area (Å²) in [6.07, 6.45) is -3.14. The SMILES string of the molecule is COc1cc(C(F)(F)F)cc(Br)c1CN=C=O. The molecule has 0 saturated heterocycles. The summed E-state index contributed by atoms with van der Waals surface area (Å²) < 4.78 is 42.5. The lowest BCUT2D eigenvalue weighted by molar-refractivity contribution is -0.137. The first kappa shape index (κ1) is 13.7. The van der Waals surface area contributed by atoms with E-state index in [2.05, 4.69) is 20.9 Å². The van der Waals surface area contributed by atoms with Gasteiger partial charge in [-0.2, -0.15) is 13.2 Å². The highest BCUT2D eigenvalue weighted by Gasteiger charge is 2.32. The van der Waals surface area contributed by atoms with Crippen LogP contribution in [0.15, 0.2) is 21.6 Å². The van der Waals surface area contributed by atoms with E-state index < -0.39 is 11.7 Å². The molecule has 0 aromatic heterocycles. The molecule has 0 spiro atoms. The van der Waals surface area contributed by atoms with Gasteiger partial charge in [-0.25, -0.2) is 9.79 Å². The number of alkyl halides is 3. The second-order valence-corrected chi connectivity index (χ2v) is 3.90. The largest absolute Gasteiger partial charge is 0.496 e. The Hall–Kier alpha value is -1.33. The van der Waals surface area contributed by atoms with E-state index >= 15 is 0 Å². The number of carbonyl (C=O) groups excluding carboxylic acids is 1. The van der Waals surface area contributed by atoms with E-state index in [1.165, 1.54) is 13.2 Å². The minimum atomic E-state index is -4.46. The standard InChI is InChI=1S/C10H7BrF3NO2/c1-17-9-3-6(10(12,13)14)2-8(11)7(9)4-15-5-16/h2-3H,4H2,1H3. The summed E-state index contributed by atoms with van der Waals surface area (Å²) in [5.41, 5.74) is -0.469. The maximum atomic E-state index is 12.5. The van der Waals surface area contributed by atoms with Crippen LogP contribution in [-0.2, 0) is 17.5 Å². The number of ether oxygens (including phenoxy) is 1. The summed E-state index contributed by atoms with van der Waals surface area (Å²) in [5, 5.41) is 0. The molecule has 17 heavy (non-hydrogen) atoms. The number of aliphatic imine (C=N–C) groups is 1. The van der Waals surface area contributed by atoms with E-state index in [0.717, 1.165) is 12.1 Å². The summed E-state index contributed by atoms with van der Waals surface area (Å²) in [5.74, 6) is 0.0192. The van der Waals surface area contributed by atoms with Gasteiger partial charge in [-0.3, -0.25) is 0 Å². The molecule has 1 aromatic carbocycles. The molecule has 0 aliphatic rings. The van der Waals surface area contributed by atoms with Crippen LogP contribution in [0.3, 0.4) is 0 Å². The van der Waals surface area contributed by atoms with Crippen molar-refractivity contribution in [2.24, 2.45) is 4.99 Å². The fourth-order valence-corrected chi connectivity index (χ4v) is 1.79. The number of hydrogen-bond acceptors (Lipinski definition) is 3. The maximum absolute atomic E-state index is 12.5. The van der Waals surface area contributed by atoms with Crippen LogP contribution in [-0.4, -0.2) is 13.2 Å². The summed E-state index contributed by atoms with van der Waals surface area (Å²) >= 11 is 2.99. The Morgan fingerprint density at radius 2 is 2.12 bits per heavy atom.